The number of hydrogen-bond donors (Lipinski definition) is 3. The molecule has 0 saturated heterocycles. The highest BCUT2D eigenvalue weighted by atomic mass is 32.2. The maximum Gasteiger partial charge on any atom is 0.300 e. The van der Waals surface area contributed by atoms with E-state index in [0.29, 0.717) is 16.8 Å². The predicted molar refractivity (Wildman–Crippen MR) is 88.8 cm³/mol. The first kappa shape index (κ1) is 16.1. The number of nitrogens with one attached hydrogen (secondary N) is 3. The lowest BCUT2D eigenvalue weighted by Crippen LogP contribution is -2.26. The van der Waals surface area contributed by atoms with Crippen molar-refractivity contribution in [3.63, 3.8) is 0 Å². The first-order valence-electron chi connectivity index (χ1n) is 6.96. The number of halogens is 1. The molecule has 0 aliphatic carbocycles. The van der Waals surface area contributed by atoms with Crippen molar-refractivity contribution in [2.45, 2.75) is 0 Å². The summed E-state index contributed by atoms with van der Waals surface area (Å²) in [6.07, 6.45) is 3.23. The zero-order chi connectivity index (χ0) is 17.2. The smallest absolute Gasteiger partial charge is 0.275 e. The Bertz CT molecular complexity index is 940. The molecule has 2 heterocycles. The molecule has 7 nitrogen and oxygen atoms in total. The third-order valence-electron chi connectivity index (χ3n) is 3.37. The summed E-state index contributed by atoms with van der Waals surface area (Å²) in [4.78, 5) is 3.96. The van der Waals surface area contributed by atoms with Gasteiger partial charge in [0.25, 0.3) is 10.2 Å². The molecule has 0 bridgehead atoms. The summed E-state index contributed by atoms with van der Waals surface area (Å²) >= 11 is 0. The van der Waals surface area contributed by atoms with Crippen molar-refractivity contribution < 1.29 is 12.8 Å². The second-order valence-electron chi connectivity index (χ2n) is 4.87. The topological polar surface area (TPSA) is 99.8 Å². The molecule has 1 aromatic carbocycles. The summed E-state index contributed by atoms with van der Waals surface area (Å²) in [7, 11) is -2.46. The van der Waals surface area contributed by atoms with Gasteiger partial charge in [0.1, 0.15) is 5.82 Å². The minimum absolute atomic E-state index is 0.114. The Morgan fingerprint density at radius 1 is 1.04 bits per heavy atom. The van der Waals surface area contributed by atoms with Gasteiger partial charge in [0.05, 0.1) is 11.3 Å². The molecule has 2 aromatic heterocycles. The number of rotatable bonds is 5. The van der Waals surface area contributed by atoms with Crippen LogP contribution >= 0.6 is 0 Å². The zero-order valence-electron chi connectivity index (χ0n) is 12.6. The Labute approximate surface area is 138 Å². The van der Waals surface area contributed by atoms with Crippen LogP contribution in [0.3, 0.4) is 0 Å². The summed E-state index contributed by atoms with van der Waals surface area (Å²) < 4.78 is 41.3. The minimum atomic E-state index is -3.75. The molecule has 9 heteroatoms. The Kier molecular flexibility index (Phi) is 4.28. The van der Waals surface area contributed by atoms with Crippen LogP contribution in [0.4, 0.5) is 10.2 Å². The second kappa shape index (κ2) is 6.38. The van der Waals surface area contributed by atoms with E-state index in [-0.39, 0.29) is 11.6 Å². The molecule has 0 radical (unpaired) electrons. The summed E-state index contributed by atoms with van der Waals surface area (Å²) in [5, 5.41) is 6.88. The van der Waals surface area contributed by atoms with Crippen molar-refractivity contribution in [3.05, 3.63) is 54.6 Å². The molecule has 24 heavy (non-hydrogen) atoms. The van der Waals surface area contributed by atoms with Gasteiger partial charge in [-0.15, -0.1) is 0 Å². The number of hydrogen-bond acceptors (Lipinski definition) is 4. The van der Waals surface area contributed by atoms with Crippen LogP contribution < -0.4 is 9.44 Å². The molecular weight excluding hydrogens is 333 g/mol. The lowest BCUT2D eigenvalue weighted by atomic mass is 10.0. The van der Waals surface area contributed by atoms with E-state index in [0.717, 1.165) is 5.56 Å². The molecule has 0 aliphatic rings. The fraction of sp³-hybridized carbons (Fsp3) is 0.0667. The number of benzene rings is 1. The fourth-order valence-corrected chi connectivity index (χ4v) is 2.72. The highest BCUT2D eigenvalue weighted by molar-refractivity contribution is 7.90. The van der Waals surface area contributed by atoms with E-state index in [1.165, 1.54) is 19.2 Å². The van der Waals surface area contributed by atoms with Crippen LogP contribution in [-0.4, -0.2) is 30.6 Å². The predicted octanol–water partition coefficient (Wildman–Crippen LogP) is 2.15. The van der Waals surface area contributed by atoms with E-state index < -0.39 is 10.2 Å². The summed E-state index contributed by atoms with van der Waals surface area (Å²) in [6, 6.07) is 9.24. The average Bonchev–Trinajstić information content (AvgIpc) is 2.99. The molecule has 3 rings (SSSR count). The summed E-state index contributed by atoms with van der Waals surface area (Å²) in [6.45, 7) is 0. The second-order valence-corrected chi connectivity index (χ2v) is 6.49. The standard InChI is InChI=1S/C15H14FN5O2S/c1-17-24(22,23)21-15-13(10-2-4-12(16)5-3-10)14(19-20-15)11-6-8-18-9-7-11/h2-9,17H,1H3,(H2,19,20,21). The van der Waals surface area contributed by atoms with E-state index >= 15 is 0 Å². The van der Waals surface area contributed by atoms with Crippen molar-refractivity contribution in [1.29, 1.82) is 0 Å². The highest BCUT2D eigenvalue weighted by Crippen LogP contribution is 2.36. The monoisotopic (exact) mass is 347 g/mol. The van der Waals surface area contributed by atoms with Crippen LogP contribution in [0.15, 0.2) is 48.8 Å². The molecule has 3 N–H and O–H groups in total. The van der Waals surface area contributed by atoms with Crippen LogP contribution in [0, 0.1) is 5.82 Å². The van der Waals surface area contributed by atoms with Crippen molar-refractivity contribution in [2.24, 2.45) is 0 Å². The van der Waals surface area contributed by atoms with Crippen molar-refractivity contribution in [2.75, 3.05) is 11.8 Å². The first-order valence-corrected chi connectivity index (χ1v) is 8.44. The number of nitrogens with zero attached hydrogens (tertiary/aromatic N) is 2. The van der Waals surface area contributed by atoms with Gasteiger partial charge in [-0.25, -0.2) is 9.11 Å². The van der Waals surface area contributed by atoms with Crippen LogP contribution in [0.2, 0.25) is 0 Å². The van der Waals surface area contributed by atoms with Crippen molar-refractivity contribution in [3.8, 4) is 22.4 Å². The van der Waals surface area contributed by atoms with Crippen molar-refractivity contribution >= 4 is 16.0 Å². The Hall–Kier alpha value is -2.78. The molecular formula is C15H14FN5O2S. The lowest BCUT2D eigenvalue weighted by Gasteiger charge is -2.08. The molecule has 0 spiro atoms. The van der Waals surface area contributed by atoms with Gasteiger partial charge in [-0.2, -0.15) is 13.5 Å². The Morgan fingerprint density at radius 2 is 1.71 bits per heavy atom. The van der Waals surface area contributed by atoms with Gasteiger partial charge in [-0.05, 0) is 29.8 Å². The first-order chi connectivity index (χ1) is 11.5. The van der Waals surface area contributed by atoms with Crippen LogP contribution in [-0.2, 0) is 10.2 Å². The average molecular weight is 347 g/mol. The highest BCUT2D eigenvalue weighted by Gasteiger charge is 2.20. The van der Waals surface area contributed by atoms with Crippen molar-refractivity contribution in [1.82, 2.24) is 19.9 Å². The lowest BCUT2D eigenvalue weighted by molar-refractivity contribution is 0.593. The molecule has 124 valence electrons. The molecule has 0 unspecified atom stereocenters. The molecule has 0 saturated carbocycles. The van der Waals surface area contributed by atoms with Gasteiger partial charge in [-0.1, -0.05) is 12.1 Å². The maximum absolute atomic E-state index is 13.2. The maximum atomic E-state index is 13.2. The Morgan fingerprint density at radius 3 is 2.33 bits per heavy atom. The third kappa shape index (κ3) is 3.26. The van der Waals surface area contributed by atoms with Gasteiger partial charge in [0.15, 0.2) is 5.82 Å². The molecule has 0 amide bonds. The molecule has 3 aromatic rings. The number of aromatic nitrogens is 3. The minimum Gasteiger partial charge on any atom is -0.275 e. The van der Waals surface area contributed by atoms with E-state index in [2.05, 4.69) is 24.6 Å². The van der Waals surface area contributed by atoms with Gasteiger partial charge >= 0.3 is 0 Å². The number of anilines is 1. The largest absolute Gasteiger partial charge is 0.300 e. The van der Waals surface area contributed by atoms with Crippen LogP contribution in [0.25, 0.3) is 22.4 Å². The third-order valence-corrected chi connectivity index (χ3v) is 4.37. The number of pyridine rings is 1. The number of H-pyrrole nitrogens is 1. The molecule has 0 aliphatic heterocycles. The quantitative estimate of drug-likeness (QED) is 0.658. The normalized spacial score (nSPS) is 11.4. The van der Waals surface area contributed by atoms with Gasteiger partial charge in [0.2, 0.25) is 0 Å². The molecule has 0 atom stereocenters. The van der Waals surface area contributed by atoms with Gasteiger partial charge in [0, 0.05) is 25.0 Å². The fourth-order valence-electron chi connectivity index (χ4n) is 2.22. The van der Waals surface area contributed by atoms with Crippen LogP contribution in [0.1, 0.15) is 0 Å². The van der Waals surface area contributed by atoms with E-state index in [1.807, 2.05) is 0 Å². The molecule has 0 fully saturated rings. The van der Waals surface area contributed by atoms with E-state index in [4.69, 9.17) is 0 Å². The van der Waals surface area contributed by atoms with E-state index in [9.17, 15) is 12.8 Å². The SMILES string of the molecule is CNS(=O)(=O)Nc1n[nH]c(-c2ccncc2)c1-c1ccc(F)cc1. The zero-order valence-corrected chi connectivity index (χ0v) is 13.4. The summed E-state index contributed by atoms with van der Waals surface area (Å²) in [5.74, 6) is -0.271. The summed E-state index contributed by atoms with van der Waals surface area (Å²) in [5.41, 5.74) is 2.50. The number of aromatic amines is 1. The van der Waals surface area contributed by atoms with Crippen LogP contribution in [0.5, 0.6) is 0 Å². The Balaban J connectivity index is 2.17. The van der Waals surface area contributed by atoms with Gasteiger partial charge in [-0.3, -0.25) is 14.8 Å². The van der Waals surface area contributed by atoms with E-state index in [1.54, 1.807) is 36.7 Å². The van der Waals surface area contributed by atoms with Gasteiger partial charge < -0.3 is 0 Å².